The Labute approximate surface area is 124 Å². The van der Waals surface area contributed by atoms with E-state index >= 15 is 0 Å². The van der Waals surface area contributed by atoms with E-state index in [2.05, 4.69) is 35.1 Å². The van der Waals surface area contributed by atoms with Gasteiger partial charge in [-0.3, -0.25) is 4.79 Å². The van der Waals surface area contributed by atoms with Crippen molar-refractivity contribution in [3.05, 3.63) is 28.7 Å². The molecule has 0 unspecified atom stereocenters. The molecule has 1 aromatic carbocycles. The molecule has 0 spiro atoms. The summed E-state index contributed by atoms with van der Waals surface area (Å²) in [6.45, 7) is 4.40. The van der Waals surface area contributed by atoms with Crippen LogP contribution in [0.1, 0.15) is 46.0 Å². The number of carbonyl (C=O) groups is 1. The average Bonchev–Trinajstić information content (AvgIpc) is 2.81. The molecule has 0 radical (unpaired) electrons. The van der Waals surface area contributed by atoms with Crippen LogP contribution in [0, 0.1) is 11.3 Å². The van der Waals surface area contributed by atoms with Crippen LogP contribution in [0.5, 0.6) is 0 Å². The van der Waals surface area contributed by atoms with Crippen molar-refractivity contribution in [1.82, 2.24) is 0 Å². The van der Waals surface area contributed by atoms with E-state index in [9.17, 15) is 4.79 Å². The summed E-state index contributed by atoms with van der Waals surface area (Å²) >= 11 is 3.41. The summed E-state index contributed by atoms with van der Waals surface area (Å²) in [5.41, 5.74) is 0.754. The van der Waals surface area contributed by atoms with Gasteiger partial charge in [0.1, 0.15) is 0 Å². The molecule has 1 amide bonds. The number of hydrogen-bond acceptors (Lipinski definition) is 1. The molecule has 0 aliphatic heterocycles. The smallest absolute Gasteiger partial charge is 0.230 e. The molecule has 1 saturated carbocycles. The lowest BCUT2D eigenvalue weighted by Crippen LogP contribution is -2.35. The predicted octanol–water partition coefficient (Wildman–Crippen LogP) is 4.99. The van der Waals surface area contributed by atoms with Crippen LogP contribution in [0.2, 0.25) is 0 Å². The maximum absolute atomic E-state index is 12.6. The van der Waals surface area contributed by atoms with Gasteiger partial charge in [0.2, 0.25) is 5.91 Å². The third-order valence-electron chi connectivity index (χ3n) is 3.94. The van der Waals surface area contributed by atoms with E-state index < -0.39 is 0 Å². The second-order valence-electron chi connectivity index (χ2n) is 6.05. The molecule has 1 aliphatic carbocycles. The zero-order chi connectivity index (χ0) is 13.9. The number of carbonyl (C=O) groups excluding carboxylic acids is 1. The highest BCUT2D eigenvalue weighted by atomic mass is 79.9. The molecule has 1 aromatic rings. The molecule has 0 bridgehead atoms. The zero-order valence-corrected chi connectivity index (χ0v) is 13.3. The van der Waals surface area contributed by atoms with Crippen LogP contribution in [0.15, 0.2) is 28.7 Å². The van der Waals surface area contributed by atoms with Gasteiger partial charge >= 0.3 is 0 Å². The Morgan fingerprint density at radius 2 is 1.84 bits per heavy atom. The number of amides is 1. The highest BCUT2D eigenvalue weighted by Gasteiger charge is 2.41. The Morgan fingerprint density at radius 3 is 2.37 bits per heavy atom. The minimum atomic E-state index is -0.138. The first-order chi connectivity index (χ1) is 9.02. The summed E-state index contributed by atoms with van der Waals surface area (Å²) in [6.07, 6.45) is 5.43. The molecule has 1 fully saturated rings. The number of benzene rings is 1. The van der Waals surface area contributed by atoms with Crippen LogP contribution in [0.25, 0.3) is 0 Å². The Balaban J connectivity index is 2.09. The van der Waals surface area contributed by atoms with Gasteiger partial charge in [0, 0.05) is 15.6 Å². The SMILES string of the molecule is CC(C)CC1(C(=O)Nc2ccc(Br)cc2)CCCC1. The number of rotatable bonds is 4. The molecule has 0 aromatic heterocycles. The molecule has 19 heavy (non-hydrogen) atoms. The molecule has 1 N–H and O–H groups in total. The summed E-state index contributed by atoms with van der Waals surface area (Å²) in [7, 11) is 0. The van der Waals surface area contributed by atoms with Crippen LogP contribution in [-0.4, -0.2) is 5.91 Å². The summed E-state index contributed by atoms with van der Waals surface area (Å²) in [5.74, 6) is 0.773. The second kappa shape index (κ2) is 6.08. The lowest BCUT2D eigenvalue weighted by molar-refractivity contribution is -0.126. The summed E-state index contributed by atoms with van der Waals surface area (Å²) in [6, 6.07) is 7.80. The first-order valence-electron chi connectivity index (χ1n) is 7.09. The first kappa shape index (κ1) is 14.6. The minimum Gasteiger partial charge on any atom is -0.326 e. The van der Waals surface area contributed by atoms with Crippen LogP contribution in [0.4, 0.5) is 5.69 Å². The van der Waals surface area contributed by atoms with Gasteiger partial charge in [-0.05, 0) is 49.4 Å². The Bertz CT molecular complexity index is 433. The molecule has 2 nitrogen and oxygen atoms in total. The highest BCUT2D eigenvalue weighted by molar-refractivity contribution is 9.10. The largest absolute Gasteiger partial charge is 0.326 e. The molecular formula is C16H22BrNO. The van der Waals surface area contributed by atoms with Gasteiger partial charge in [0.25, 0.3) is 0 Å². The molecule has 0 saturated heterocycles. The standard InChI is InChI=1S/C16H22BrNO/c1-12(2)11-16(9-3-4-10-16)15(19)18-14-7-5-13(17)6-8-14/h5-8,12H,3-4,9-11H2,1-2H3,(H,18,19). The van der Waals surface area contributed by atoms with Gasteiger partial charge in [-0.25, -0.2) is 0 Å². The topological polar surface area (TPSA) is 29.1 Å². The van der Waals surface area contributed by atoms with E-state index in [0.717, 1.165) is 29.4 Å². The van der Waals surface area contributed by atoms with Crippen molar-refractivity contribution in [3.63, 3.8) is 0 Å². The van der Waals surface area contributed by atoms with Crippen molar-refractivity contribution < 1.29 is 4.79 Å². The summed E-state index contributed by atoms with van der Waals surface area (Å²) in [4.78, 5) is 12.6. The van der Waals surface area contributed by atoms with Gasteiger partial charge in [0.15, 0.2) is 0 Å². The number of anilines is 1. The van der Waals surface area contributed by atoms with Crippen molar-refractivity contribution in [2.75, 3.05) is 5.32 Å². The van der Waals surface area contributed by atoms with Crippen LogP contribution < -0.4 is 5.32 Å². The van der Waals surface area contributed by atoms with Crippen molar-refractivity contribution in [2.24, 2.45) is 11.3 Å². The summed E-state index contributed by atoms with van der Waals surface area (Å²) < 4.78 is 1.03. The minimum absolute atomic E-state index is 0.138. The monoisotopic (exact) mass is 323 g/mol. The maximum atomic E-state index is 12.6. The fraction of sp³-hybridized carbons (Fsp3) is 0.562. The number of halogens is 1. The third kappa shape index (κ3) is 3.59. The van der Waals surface area contributed by atoms with E-state index in [4.69, 9.17) is 0 Å². The number of hydrogen-bond donors (Lipinski definition) is 1. The van der Waals surface area contributed by atoms with Gasteiger partial charge in [-0.1, -0.05) is 42.6 Å². The second-order valence-corrected chi connectivity index (χ2v) is 6.96. The molecule has 0 atom stereocenters. The average molecular weight is 324 g/mol. The van der Waals surface area contributed by atoms with E-state index in [1.165, 1.54) is 12.8 Å². The van der Waals surface area contributed by atoms with Crippen molar-refractivity contribution in [1.29, 1.82) is 0 Å². The Kier molecular flexibility index (Phi) is 4.67. The molecule has 104 valence electrons. The third-order valence-corrected chi connectivity index (χ3v) is 4.47. The van der Waals surface area contributed by atoms with E-state index in [1.54, 1.807) is 0 Å². The van der Waals surface area contributed by atoms with Crippen molar-refractivity contribution in [3.8, 4) is 0 Å². The van der Waals surface area contributed by atoms with E-state index in [0.29, 0.717) is 5.92 Å². The van der Waals surface area contributed by atoms with Crippen LogP contribution in [-0.2, 0) is 4.79 Å². The lowest BCUT2D eigenvalue weighted by atomic mass is 9.77. The molecular weight excluding hydrogens is 302 g/mol. The zero-order valence-electron chi connectivity index (χ0n) is 11.7. The van der Waals surface area contributed by atoms with Gasteiger partial charge in [0.05, 0.1) is 0 Å². The fourth-order valence-corrected chi connectivity index (χ4v) is 3.42. The van der Waals surface area contributed by atoms with Crippen molar-refractivity contribution >= 4 is 27.5 Å². The molecule has 2 rings (SSSR count). The van der Waals surface area contributed by atoms with Crippen LogP contribution >= 0.6 is 15.9 Å². The van der Waals surface area contributed by atoms with Gasteiger partial charge < -0.3 is 5.32 Å². The Morgan fingerprint density at radius 1 is 1.26 bits per heavy atom. The Hall–Kier alpha value is -0.830. The van der Waals surface area contributed by atoms with Gasteiger partial charge in [-0.15, -0.1) is 0 Å². The van der Waals surface area contributed by atoms with Crippen LogP contribution in [0.3, 0.4) is 0 Å². The first-order valence-corrected chi connectivity index (χ1v) is 7.88. The predicted molar refractivity (Wildman–Crippen MR) is 83.1 cm³/mol. The normalized spacial score (nSPS) is 17.7. The quantitative estimate of drug-likeness (QED) is 0.830. The lowest BCUT2D eigenvalue weighted by Gasteiger charge is -2.29. The summed E-state index contributed by atoms with van der Waals surface area (Å²) in [5, 5.41) is 3.10. The fourth-order valence-electron chi connectivity index (χ4n) is 3.15. The molecule has 1 aliphatic rings. The van der Waals surface area contributed by atoms with Crippen molar-refractivity contribution in [2.45, 2.75) is 46.0 Å². The van der Waals surface area contributed by atoms with E-state index in [1.807, 2.05) is 24.3 Å². The maximum Gasteiger partial charge on any atom is 0.230 e. The molecule has 0 heterocycles. The molecule has 3 heteroatoms. The van der Waals surface area contributed by atoms with E-state index in [-0.39, 0.29) is 11.3 Å². The van der Waals surface area contributed by atoms with Gasteiger partial charge in [-0.2, -0.15) is 0 Å². The highest BCUT2D eigenvalue weighted by Crippen LogP contribution is 2.44. The number of nitrogens with one attached hydrogen (secondary N) is 1.